The highest BCUT2D eigenvalue weighted by atomic mass is 79.9. The lowest BCUT2D eigenvalue weighted by Crippen LogP contribution is -2.45. The summed E-state index contributed by atoms with van der Waals surface area (Å²) in [4.78, 5) is 14.6. The molecule has 0 aliphatic heterocycles. The molecule has 0 atom stereocenters. The lowest BCUT2D eigenvalue weighted by molar-refractivity contribution is 0.0581. The predicted molar refractivity (Wildman–Crippen MR) is 83.2 cm³/mol. The Labute approximate surface area is 132 Å². The summed E-state index contributed by atoms with van der Waals surface area (Å²) in [6.45, 7) is 0.704. The Morgan fingerprint density at radius 2 is 2.16 bits per heavy atom. The van der Waals surface area contributed by atoms with Crippen LogP contribution in [-0.2, 0) is 0 Å². The van der Waals surface area contributed by atoms with E-state index >= 15 is 0 Å². The number of nitrogens with zero attached hydrogens (tertiary/aromatic N) is 1. The van der Waals surface area contributed by atoms with Crippen molar-refractivity contribution in [1.29, 1.82) is 0 Å². The van der Waals surface area contributed by atoms with Gasteiger partial charge in [0.1, 0.15) is 0 Å². The molecule has 1 fully saturated rings. The number of rotatable bonds is 5. The van der Waals surface area contributed by atoms with Crippen LogP contribution in [0.3, 0.4) is 0 Å². The first-order valence-electron chi connectivity index (χ1n) is 6.46. The second kappa shape index (κ2) is 6.96. The highest BCUT2D eigenvalue weighted by Gasteiger charge is 2.30. The molecule has 19 heavy (non-hydrogen) atoms. The minimum absolute atomic E-state index is 0.0149. The first-order valence-corrected chi connectivity index (χ1v) is 8.16. The molecule has 0 aromatic heterocycles. The molecular weight excluding hydrogens is 349 g/mol. The van der Waals surface area contributed by atoms with Crippen molar-refractivity contribution in [2.75, 3.05) is 12.4 Å². The zero-order valence-corrected chi connectivity index (χ0v) is 13.6. The summed E-state index contributed by atoms with van der Waals surface area (Å²) in [7, 11) is 0. The number of hydrogen-bond donors (Lipinski definition) is 0. The summed E-state index contributed by atoms with van der Waals surface area (Å²) in [6, 6.07) is 5.81. The summed E-state index contributed by atoms with van der Waals surface area (Å²) in [5.41, 5.74) is 0.567. The van der Waals surface area contributed by atoms with E-state index < -0.39 is 0 Å². The van der Waals surface area contributed by atoms with E-state index in [9.17, 15) is 4.79 Å². The summed E-state index contributed by atoms with van der Waals surface area (Å²) in [5, 5.41) is 0.489. The molecule has 1 saturated carbocycles. The van der Waals surface area contributed by atoms with Gasteiger partial charge in [-0.05, 0) is 53.7 Å². The van der Waals surface area contributed by atoms with Gasteiger partial charge in [0.15, 0.2) is 0 Å². The van der Waals surface area contributed by atoms with Crippen molar-refractivity contribution in [2.24, 2.45) is 0 Å². The maximum atomic E-state index is 12.6. The average molecular weight is 365 g/mol. The second-order valence-electron chi connectivity index (χ2n) is 4.73. The largest absolute Gasteiger partial charge is 0.336 e. The Morgan fingerprint density at radius 1 is 1.42 bits per heavy atom. The van der Waals surface area contributed by atoms with Crippen molar-refractivity contribution in [3.63, 3.8) is 0 Å². The van der Waals surface area contributed by atoms with Gasteiger partial charge in [-0.1, -0.05) is 17.7 Å². The molecule has 0 heterocycles. The highest BCUT2D eigenvalue weighted by molar-refractivity contribution is 9.10. The lowest BCUT2D eigenvalue weighted by atomic mass is 9.91. The zero-order chi connectivity index (χ0) is 13.8. The average Bonchev–Trinajstić information content (AvgIpc) is 2.34. The van der Waals surface area contributed by atoms with Crippen molar-refractivity contribution in [3.05, 3.63) is 33.3 Å². The lowest BCUT2D eigenvalue weighted by Gasteiger charge is -2.37. The Kier molecular flexibility index (Phi) is 5.55. The number of alkyl halides is 1. The Balaban J connectivity index is 2.20. The van der Waals surface area contributed by atoms with Gasteiger partial charge >= 0.3 is 0 Å². The van der Waals surface area contributed by atoms with E-state index in [1.807, 2.05) is 17.0 Å². The van der Waals surface area contributed by atoms with Gasteiger partial charge < -0.3 is 4.90 Å². The van der Waals surface area contributed by atoms with E-state index in [2.05, 4.69) is 15.9 Å². The zero-order valence-electron chi connectivity index (χ0n) is 10.5. The molecule has 5 heteroatoms. The number of halogens is 3. The molecule has 0 radical (unpaired) electrons. The summed E-state index contributed by atoms with van der Waals surface area (Å²) in [5.74, 6) is 0.587. The fraction of sp³-hybridized carbons (Fsp3) is 0.500. The van der Waals surface area contributed by atoms with Crippen molar-refractivity contribution >= 4 is 45.0 Å². The van der Waals surface area contributed by atoms with E-state index in [0.29, 0.717) is 29.1 Å². The third kappa shape index (κ3) is 3.45. The third-order valence-corrected chi connectivity index (χ3v) is 5.05. The summed E-state index contributed by atoms with van der Waals surface area (Å²) >= 11 is 15.3. The fourth-order valence-corrected chi connectivity index (χ4v) is 2.89. The number of carbonyl (C=O) groups excluding carboxylic acids is 1. The van der Waals surface area contributed by atoms with Gasteiger partial charge in [0, 0.05) is 22.9 Å². The van der Waals surface area contributed by atoms with Crippen LogP contribution in [0, 0.1) is 0 Å². The maximum absolute atomic E-state index is 12.6. The van der Waals surface area contributed by atoms with Gasteiger partial charge in [-0.3, -0.25) is 4.79 Å². The molecule has 1 aromatic carbocycles. The van der Waals surface area contributed by atoms with Gasteiger partial charge in [-0.2, -0.15) is 0 Å². The van der Waals surface area contributed by atoms with Crippen LogP contribution in [-0.4, -0.2) is 29.3 Å². The fourth-order valence-electron chi connectivity index (χ4n) is 2.20. The molecule has 1 aliphatic carbocycles. The van der Waals surface area contributed by atoms with Crippen LogP contribution >= 0.6 is 39.1 Å². The molecule has 0 bridgehead atoms. The Bertz CT molecular complexity index is 463. The molecule has 1 aliphatic rings. The smallest absolute Gasteiger partial charge is 0.255 e. The number of benzene rings is 1. The molecule has 0 N–H and O–H groups in total. The third-order valence-electron chi connectivity index (χ3n) is 3.49. The SMILES string of the molecule is O=C(c1cccc(Br)c1Cl)N(CCCCl)C1CCC1. The van der Waals surface area contributed by atoms with Gasteiger partial charge in [0.05, 0.1) is 10.6 Å². The van der Waals surface area contributed by atoms with Crippen LogP contribution in [0.15, 0.2) is 22.7 Å². The maximum Gasteiger partial charge on any atom is 0.255 e. The summed E-state index contributed by atoms with van der Waals surface area (Å²) in [6.07, 6.45) is 4.18. The van der Waals surface area contributed by atoms with Gasteiger partial charge in [0.2, 0.25) is 0 Å². The monoisotopic (exact) mass is 363 g/mol. The van der Waals surface area contributed by atoms with E-state index in [4.69, 9.17) is 23.2 Å². The number of carbonyl (C=O) groups is 1. The molecule has 104 valence electrons. The van der Waals surface area contributed by atoms with Crippen LogP contribution in [0.4, 0.5) is 0 Å². The second-order valence-corrected chi connectivity index (χ2v) is 6.34. The topological polar surface area (TPSA) is 20.3 Å². The first-order chi connectivity index (χ1) is 9.15. The van der Waals surface area contributed by atoms with Crippen molar-refractivity contribution in [1.82, 2.24) is 4.90 Å². The van der Waals surface area contributed by atoms with Crippen LogP contribution < -0.4 is 0 Å². The van der Waals surface area contributed by atoms with Crippen LogP contribution in [0.5, 0.6) is 0 Å². The highest BCUT2D eigenvalue weighted by Crippen LogP contribution is 2.31. The van der Waals surface area contributed by atoms with E-state index in [1.165, 1.54) is 6.42 Å². The quantitative estimate of drug-likeness (QED) is 0.692. The van der Waals surface area contributed by atoms with Gasteiger partial charge in [0.25, 0.3) is 5.91 Å². The molecule has 1 amide bonds. The molecule has 2 rings (SSSR count). The Hall–Kier alpha value is -0.250. The number of amides is 1. The van der Waals surface area contributed by atoms with Crippen molar-refractivity contribution in [2.45, 2.75) is 31.7 Å². The molecule has 0 saturated heterocycles. The van der Waals surface area contributed by atoms with E-state index in [-0.39, 0.29) is 5.91 Å². The van der Waals surface area contributed by atoms with E-state index in [1.54, 1.807) is 6.07 Å². The minimum atomic E-state index is 0.0149. The molecule has 1 aromatic rings. The molecule has 0 unspecified atom stereocenters. The summed E-state index contributed by atoms with van der Waals surface area (Å²) < 4.78 is 0.755. The predicted octanol–water partition coefficient (Wildman–Crippen LogP) is 4.73. The van der Waals surface area contributed by atoms with Gasteiger partial charge in [-0.15, -0.1) is 11.6 Å². The van der Waals surface area contributed by atoms with Crippen molar-refractivity contribution < 1.29 is 4.79 Å². The van der Waals surface area contributed by atoms with Crippen LogP contribution in [0.2, 0.25) is 5.02 Å². The molecule has 2 nitrogen and oxygen atoms in total. The molecule has 0 spiro atoms. The standard InChI is InChI=1S/C14H16BrCl2NO/c15-12-7-2-6-11(13(12)17)14(19)18(9-3-8-16)10-4-1-5-10/h2,6-7,10H,1,3-5,8-9H2. The van der Waals surface area contributed by atoms with Gasteiger partial charge in [-0.25, -0.2) is 0 Å². The van der Waals surface area contributed by atoms with E-state index in [0.717, 1.165) is 23.7 Å². The van der Waals surface area contributed by atoms with Crippen LogP contribution in [0.1, 0.15) is 36.0 Å². The van der Waals surface area contributed by atoms with Crippen LogP contribution in [0.25, 0.3) is 0 Å². The minimum Gasteiger partial charge on any atom is -0.336 e. The number of hydrogen-bond acceptors (Lipinski definition) is 1. The first kappa shape index (κ1) is 15.1. The normalized spacial score (nSPS) is 15.1. The molecular formula is C14H16BrCl2NO. The van der Waals surface area contributed by atoms with Crippen molar-refractivity contribution in [3.8, 4) is 0 Å². The Morgan fingerprint density at radius 3 is 2.74 bits per heavy atom.